The monoisotopic (exact) mass is 528 g/mol. The van der Waals surface area contributed by atoms with Crippen LogP contribution in [0.25, 0.3) is 0 Å². The number of benzene rings is 2. The SMILES string of the molecule is CN(CCc1ccc(C2=NCCN2C(=O)OC(C)(C)C)cc1)C(=O)CCNCS(=O)(=O)c1ccccc1. The Morgan fingerprint density at radius 2 is 1.76 bits per heavy atom. The fourth-order valence-corrected chi connectivity index (χ4v) is 4.89. The number of aliphatic imine (C=N–C) groups is 1. The van der Waals surface area contributed by atoms with Gasteiger partial charge in [0.05, 0.1) is 18.0 Å². The van der Waals surface area contributed by atoms with Crippen molar-refractivity contribution in [1.29, 1.82) is 0 Å². The van der Waals surface area contributed by atoms with E-state index in [0.717, 1.165) is 11.1 Å². The van der Waals surface area contributed by atoms with Crippen molar-refractivity contribution in [1.82, 2.24) is 15.1 Å². The van der Waals surface area contributed by atoms with Crippen molar-refractivity contribution >= 4 is 27.7 Å². The summed E-state index contributed by atoms with van der Waals surface area (Å²) in [6, 6.07) is 16.0. The first-order chi connectivity index (χ1) is 17.5. The van der Waals surface area contributed by atoms with Crippen LogP contribution in [0, 0.1) is 0 Å². The Morgan fingerprint density at radius 3 is 2.41 bits per heavy atom. The summed E-state index contributed by atoms with van der Waals surface area (Å²) in [4.78, 5) is 32.9. The van der Waals surface area contributed by atoms with Gasteiger partial charge in [-0.1, -0.05) is 42.5 Å². The molecule has 0 aromatic heterocycles. The molecule has 0 atom stereocenters. The Kier molecular flexibility index (Phi) is 9.45. The largest absolute Gasteiger partial charge is 0.443 e. The van der Waals surface area contributed by atoms with Crippen LogP contribution in [0.1, 0.15) is 38.3 Å². The van der Waals surface area contributed by atoms with Crippen LogP contribution in [0.3, 0.4) is 0 Å². The van der Waals surface area contributed by atoms with Crippen molar-refractivity contribution in [2.24, 2.45) is 4.99 Å². The molecule has 9 nitrogen and oxygen atoms in total. The fourth-order valence-electron chi connectivity index (χ4n) is 3.73. The van der Waals surface area contributed by atoms with E-state index in [-0.39, 0.29) is 29.6 Å². The van der Waals surface area contributed by atoms with Gasteiger partial charge in [-0.15, -0.1) is 0 Å². The zero-order valence-electron chi connectivity index (χ0n) is 21.9. The van der Waals surface area contributed by atoms with Crippen LogP contribution in [0.15, 0.2) is 64.5 Å². The first kappa shape index (κ1) is 28.3. The van der Waals surface area contributed by atoms with Gasteiger partial charge < -0.3 is 15.0 Å². The third kappa shape index (κ3) is 8.40. The summed E-state index contributed by atoms with van der Waals surface area (Å²) in [7, 11) is -1.68. The molecule has 2 aromatic rings. The summed E-state index contributed by atoms with van der Waals surface area (Å²) in [6.07, 6.45) is 0.473. The Balaban J connectivity index is 1.43. The highest BCUT2D eigenvalue weighted by Crippen LogP contribution is 2.17. The van der Waals surface area contributed by atoms with Gasteiger partial charge in [0, 0.05) is 32.1 Å². The summed E-state index contributed by atoms with van der Waals surface area (Å²) in [5.74, 6) is 0.334. The molecular formula is C27H36N4O5S. The van der Waals surface area contributed by atoms with Crippen LogP contribution < -0.4 is 5.32 Å². The van der Waals surface area contributed by atoms with Crippen molar-refractivity contribution < 1.29 is 22.7 Å². The molecule has 2 aromatic carbocycles. The standard InChI is InChI=1S/C27H36N4O5S/c1-27(2,3)36-26(33)31-19-17-29-25(31)22-12-10-21(11-13-22)15-18-30(4)24(32)14-16-28-20-37(34,35)23-8-6-5-7-9-23/h5-13,28H,14-20H2,1-4H3. The Morgan fingerprint density at radius 1 is 1.08 bits per heavy atom. The van der Waals surface area contributed by atoms with Crippen molar-refractivity contribution in [3.63, 3.8) is 0 Å². The summed E-state index contributed by atoms with van der Waals surface area (Å²) >= 11 is 0. The number of sulfone groups is 1. The van der Waals surface area contributed by atoms with Crippen LogP contribution in [-0.2, 0) is 25.8 Å². The number of amidine groups is 1. The van der Waals surface area contributed by atoms with Gasteiger partial charge in [0.25, 0.3) is 0 Å². The van der Waals surface area contributed by atoms with E-state index in [2.05, 4.69) is 10.3 Å². The molecule has 1 aliphatic rings. The molecule has 0 saturated carbocycles. The molecule has 1 N–H and O–H groups in total. The number of carbonyl (C=O) groups is 2. The van der Waals surface area contributed by atoms with E-state index in [1.54, 1.807) is 47.2 Å². The average Bonchev–Trinajstić information content (AvgIpc) is 3.35. The molecular weight excluding hydrogens is 492 g/mol. The lowest BCUT2D eigenvalue weighted by Gasteiger charge is -2.25. The molecule has 200 valence electrons. The molecule has 0 unspecified atom stereocenters. The maximum Gasteiger partial charge on any atom is 0.416 e. The van der Waals surface area contributed by atoms with Crippen molar-refractivity contribution in [3.05, 3.63) is 65.7 Å². The minimum Gasteiger partial charge on any atom is -0.443 e. The summed E-state index contributed by atoms with van der Waals surface area (Å²) < 4.78 is 30.1. The summed E-state index contributed by atoms with van der Waals surface area (Å²) in [6.45, 7) is 7.35. The van der Waals surface area contributed by atoms with Gasteiger partial charge in [-0.05, 0) is 44.9 Å². The van der Waals surface area contributed by atoms with Gasteiger partial charge in [0.2, 0.25) is 5.91 Å². The maximum absolute atomic E-state index is 12.5. The Labute approximate surface area is 219 Å². The molecule has 0 spiro atoms. The zero-order chi connectivity index (χ0) is 27.1. The normalized spacial score (nSPS) is 13.8. The summed E-state index contributed by atoms with van der Waals surface area (Å²) in [5, 5.41) is 2.86. The lowest BCUT2D eigenvalue weighted by atomic mass is 10.1. The van der Waals surface area contributed by atoms with Crippen LogP contribution in [0.5, 0.6) is 0 Å². The van der Waals surface area contributed by atoms with Gasteiger partial charge >= 0.3 is 6.09 Å². The molecule has 1 heterocycles. The number of likely N-dealkylation sites (N-methyl/N-ethyl adjacent to an activating group) is 1. The smallest absolute Gasteiger partial charge is 0.416 e. The number of hydrogen-bond acceptors (Lipinski definition) is 7. The second kappa shape index (κ2) is 12.3. The van der Waals surface area contributed by atoms with E-state index in [0.29, 0.717) is 31.9 Å². The number of hydrogen-bond donors (Lipinski definition) is 1. The van der Waals surface area contributed by atoms with Crippen LogP contribution >= 0.6 is 0 Å². The third-order valence-electron chi connectivity index (χ3n) is 5.74. The van der Waals surface area contributed by atoms with Crippen LogP contribution in [0.4, 0.5) is 4.79 Å². The average molecular weight is 529 g/mol. The number of carbonyl (C=O) groups excluding carboxylic acids is 2. The maximum atomic E-state index is 12.5. The lowest BCUT2D eigenvalue weighted by Crippen LogP contribution is -2.39. The predicted molar refractivity (Wildman–Crippen MR) is 143 cm³/mol. The van der Waals surface area contributed by atoms with Crippen molar-refractivity contribution in [2.75, 3.05) is 39.1 Å². The number of nitrogens with one attached hydrogen (secondary N) is 1. The molecule has 10 heteroatoms. The second-order valence-electron chi connectivity index (χ2n) is 9.92. The zero-order valence-corrected chi connectivity index (χ0v) is 22.8. The highest BCUT2D eigenvalue weighted by atomic mass is 32.2. The highest BCUT2D eigenvalue weighted by molar-refractivity contribution is 7.91. The Hall–Kier alpha value is -3.24. The number of ether oxygens (including phenoxy) is 1. The first-order valence-electron chi connectivity index (χ1n) is 12.3. The van der Waals surface area contributed by atoms with E-state index in [1.165, 1.54) is 0 Å². The lowest BCUT2D eigenvalue weighted by molar-refractivity contribution is -0.129. The second-order valence-corrected chi connectivity index (χ2v) is 11.9. The fraction of sp³-hybridized carbons (Fsp3) is 0.444. The number of amides is 2. The van der Waals surface area contributed by atoms with Crippen LogP contribution in [0.2, 0.25) is 0 Å². The number of nitrogens with zero attached hydrogens (tertiary/aromatic N) is 3. The molecule has 0 radical (unpaired) electrons. The molecule has 1 aliphatic heterocycles. The van der Waals surface area contributed by atoms with Crippen molar-refractivity contribution in [3.8, 4) is 0 Å². The van der Waals surface area contributed by atoms with E-state index in [9.17, 15) is 18.0 Å². The minimum absolute atomic E-state index is 0.0606. The van der Waals surface area contributed by atoms with E-state index < -0.39 is 21.5 Å². The van der Waals surface area contributed by atoms with Crippen LogP contribution in [-0.4, -0.2) is 80.8 Å². The minimum atomic E-state index is -3.42. The van der Waals surface area contributed by atoms with Gasteiger partial charge in [0.1, 0.15) is 17.3 Å². The molecule has 0 bridgehead atoms. The topological polar surface area (TPSA) is 108 Å². The van der Waals surface area contributed by atoms with Gasteiger partial charge in [-0.25, -0.2) is 13.2 Å². The molecule has 0 aliphatic carbocycles. The number of rotatable bonds is 10. The van der Waals surface area contributed by atoms with E-state index >= 15 is 0 Å². The molecule has 37 heavy (non-hydrogen) atoms. The molecule has 0 fully saturated rings. The summed E-state index contributed by atoms with van der Waals surface area (Å²) in [5.41, 5.74) is 1.32. The molecule has 2 amide bonds. The first-order valence-corrected chi connectivity index (χ1v) is 14.0. The molecule has 0 saturated heterocycles. The quantitative estimate of drug-likeness (QED) is 0.475. The highest BCUT2D eigenvalue weighted by Gasteiger charge is 2.29. The van der Waals surface area contributed by atoms with Gasteiger partial charge in [-0.2, -0.15) is 0 Å². The van der Waals surface area contributed by atoms with Gasteiger partial charge in [0.15, 0.2) is 9.84 Å². The van der Waals surface area contributed by atoms with Gasteiger partial charge in [-0.3, -0.25) is 14.7 Å². The van der Waals surface area contributed by atoms with E-state index in [4.69, 9.17) is 4.74 Å². The predicted octanol–water partition coefficient (Wildman–Crippen LogP) is 3.10. The van der Waals surface area contributed by atoms with Crippen molar-refractivity contribution in [2.45, 2.75) is 44.1 Å². The molecule has 3 rings (SSSR count). The van der Waals surface area contributed by atoms with E-state index in [1.807, 2.05) is 45.0 Å². The third-order valence-corrected chi connectivity index (χ3v) is 7.31. The Bertz CT molecular complexity index is 1210.